The van der Waals surface area contributed by atoms with E-state index in [-0.39, 0.29) is 17.4 Å². The van der Waals surface area contributed by atoms with Crippen LogP contribution in [-0.4, -0.2) is 43.0 Å². The highest BCUT2D eigenvalue weighted by Crippen LogP contribution is 2.64. The number of halogens is 1. The molecule has 7 nitrogen and oxygen atoms in total. The van der Waals surface area contributed by atoms with E-state index < -0.39 is 17.7 Å². The van der Waals surface area contributed by atoms with Gasteiger partial charge in [-0.15, -0.1) is 0 Å². The molecule has 1 aliphatic carbocycles. The Morgan fingerprint density at radius 1 is 1.19 bits per heavy atom. The van der Waals surface area contributed by atoms with Gasteiger partial charge in [-0.3, -0.25) is 4.84 Å². The number of nitrogens with one attached hydrogen (secondary N) is 1. The topological polar surface area (TPSA) is 77.1 Å². The lowest BCUT2D eigenvalue weighted by molar-refractivity contribution is -0.346. The Labute approximate surface area is 215 Å². The number of piperidine rings is 1. The van der Waals surface area contributed by atoms with Crippen LogP contribution < -0.4 is 5.32 Å². The summed E-state index contributed by atoms with van der Waals surface area (Å²) in [5.74, 6) is -0.808. The number of carbonyl (C=O) groups excluding carboxylic acids is 2. The third-order valence-corrected chi connectivity index (χ3v) is 8.74. The molecule has 0 bridgehead atoms. The van der Waals surface area contributed by atoms with E-state index in [9.17, 15) is 9.59 Å². The number of hydrogen-bond donors (Lipinski definition) is 1. The zero-order chi connectivity index (χ0) is 25.1. The van der Waals surface area contributed by atoms with E-state index in [1.54, 1.807) is 24.3 Å². The zero-order valence-corrected chi connectivity index (χ0v) is 21.1. The summed E-state index contributed by atoms with van der Waals surface area (Å²) in [6, 6.07) is 14.8. The molecule has 3 aliphatic heterocycles. The first-order valence-corrected chi connectivity index (χ1v) is 12.9. The molecule has 8 heteroatoms. The van der Waals surface area contributed by atoms with E-state index in [4.69, 9.17) is 25.9 Å². The summed E-state index contributed by atoms with van der Waals surface area (Å²) >= 11 is 6.11. The van der Waals surface area contributed by atoms with Gasteiger partial charge in [-0.1, -0.05) is 42.8 Å². The van der Waals surface area contributed by atoms with Crippen LogP contribution in [0.2, 0.25) is 5.02 Å². The third-order valence-electron chi connectivity index (χ3n) is 8.51. The molecule has 2 saturated heterocycles. The molecule has 0 aromatic heterocycles. The molecule has 3 heterocycles. The normalized spacial score (nSPS) is 30.5. The van der Waals surface area contributed by atoms with Crippen molar-refractivity contribution in [3.8, 4) is 0 Å². The van der Waals surface area contributed by atoms with E-state index in [1.807, 2.05) is 23.3 Å². The highest BCUT2D eigenvalue weighted by Gasteiger charge is 2.67. The molecule has 1 spiro atoms. The molecule has 2 aromatic carbocycles. The van der Waals surface area contributed by atoms with E-state index in [0.717, 1.165) is 42.8 Å². The van der Waals surface area contributed by atoms with E-state index in [1.165, 1.54) is 7.11 Å². The fourth-order valence-corrected chi connectivity index (χ4v) is 7.28. The van der Waals surface area contributed by atoms with Crippen molar-refractivity contribution >= 4 is 29.2 Å². The number of ether oxygens (including phenoxy) is 2. The van der Waals surface area contributed by atoms with Crippen LogP contribution in [0.3, 0.4) is 0 Å². The van der Waals surface area contributed by atoms with Gasteiger partial charge in [0.1, 0.15) is 0 Å². The van der Waals surface area contributed by atoms with Crippen molar-refractivity contribution in [1.29, 1.82) is 0 Å². The Morgan fingerprint density at radius 3 is 2.81 bits per heavy atom. The van der Waals surface area contributed by atoms with Gasteiger partial charge in [0, 0.05) is 29.4 Å². The Kier molecular flexibility index (Phi) is 5.63. The summed E-state index contributed by atoms with van der Waals surface area (Å²) in [7, 11) is 1.43. The van der Waals surface area contributed by atoms with Crippen LogP contribution in [0, 0.1) is 5.41 Å². The molecule has 188 valence electrons. The van der Waals surface area contributed by atoms with Crippen LogP contribution in [0.15, 0.2) is 59.8 Å². The van der Waals surface area contributed by atoms with E-state index in [0.29, 0.717) is 29.0 Å². The Hall–Kier alpha value is -2.87. The second-order valence-corrected chi connectivity index (χ2v) is 10.6. The summed E-state index contributed by atoms with van der Waals surface area (Å²) < 4.78 is 11.2. The largest absolute Gasteiger partial charge is 0.466 e. The van der Waals surface area contributed by atoms with Crippen LogP contribution in [0.5, 0.6) is 0 Å². The second-order valence-electron chi connectivity index (χ2n) is 10.2. The predicted molar refractivity (Wildman–Crippen MR) is 134 cm³/mol. The summed E-state index contributed by atoms with van der Waals surface area (Å²) in [5.41, 5.74) is 3.18. The first kappa shape index (κ1) is 23.5. The first-order valence-electron chi connectivity index (χ1n) is 12.5. The molecule has 4 atom stereocenters. The van der Waals surface area contributed by atoms with Gasteiger partial charge in [-0.25, -0.2) is 9.59 Å². The fourth-order valence-electron chi connectivity index (χ4n) is 7.09. The number of methoxy groups -OCH3 is 1. The van der Waals surface area contributed by atoms with Crippen molar-refractivity contribution in [3.63, 3.8) is 0 Å². The highest BCUT2D eigenvalue weighted by atomic mass is 35.5. The maximum Gasteiger partial charge on any atom is 0.340 e. The van der Waals surface area contributed by atoms with Crippen LogP contribution in [0.1, 0.15) is 54.9 Å². The van der Waals surface area contributed by atoms with Crippen molar-refractivity contribution in [2.45, 2.75) is 56.8 Å². The third kappa shape index (κ3) is 3.33. The molecule has 2 fully saturated rings. The Bertz CT molecular complexity index is 1280. The van der Waals surface area contributed by atoms with Gasteiger partial charge in [0.05, 0.1) is 29.7 Å². The van der Waals surface area contributed by atoms with Crippen molar-refractivity contribution in [2.75, 3.05) is 19.0 Å². The van der Waals surface area contributed by atoms with Crippen molar-refractivity contribution in [1.82, 2.24) is 5.06 Å². The van der Waals surface area contributed by atoms with Gasteiger partial charge in [0.25, 0.3) is 0 Å². The van der Waals surface area contributed by atoms with Gasteiger partial charge in [0.2, 0.25) is 6.29 Å². The van der Waals surface area contributed by atoms with Crippen LogP contribution in [0.25, 0.3) is 0 Å². The number of hydrogen-bond acceptors (Lipinski definition) is 7. The lowest BCUT2D eigenvalue weighted by atomic mass is 9.51. The number of carbonyl (C=O) groups is 2. The minimum Gasteiger partial charge on any atom is -0.466 e. The maximum atomic E-state index is 13.2. The quantitative estimate of drug-likeness (QED) is 0.568. The van der Waals surface area contributed by atoms with E-state index in [2.05, 4.69) is 18.3 Å². The molecular formula is C28H29ClN2O5. The van der Waals surface area contributed by atoms with Gasteiger partial charge in [-0.2, -0.15) is 5.06 Å². The monoisotopic (exact) mass is 508 g/mol. The number of para-hydroxylation sites is 1. The SMILES string of the molecule is CC[C@]12CCCN3OC(OC(=O)c4cccc(Cl)c4)C[C@]4(C(=C(C(=O)OC)C1)Nc1ccccc14)[C@@H]32. The summed E-state index contributed by atoms with van der Waals surface area (Å²) in [6.45, 7) is 2.92. The number of nitrogens with zero attached hydrogens (tertiary/aromatic N) is 1. The summed E-state index contributed by atoms with van der Waals surface area (Å²) in [5, 5.41) is 6.07. The summed E-state index contributed by atoms with van der Waals surface area (Å²) in [6.07, 6.45) is 2.98. The van der Waals surface area contributed by atoms with Crippen molar-refractivity contribution < 1.29 is 23.9 Å². The fraction of sp³-hybridized carbons (Fsp3) is 0.429. The van der Waals surface area contributed by atoms with Crippen molar-refractivity contribution in [3.05, 3.63) is 76.0 Å². The number of esters is 2. The molecule has 1 N–H and O–H groups in total. The molecule has 0 amide bonds. The Balaban J connectivity index is 1.49. The number of anilines is 1. The minimum absolute atomic E-state index is 0.00979. The summed E-state index contributed by atoms with van der Waals surface area (Å²) in [4.78, 5) is 32.7. The minimum atomic E-state index is -0.833. The lowest BCUT2D eigenvalue weighted by Gasteiger charge is -2.62. The van der Waals surface area contributed by atoms with Crippen molar-refractivity contribution in [2.24, 2.45) is 5.41 Å². The lowest BCUT2D eigenvalue weighted by Crippen LogP contribution is -2.69. The van der Waals surface area contributed by atoms with Crippen LogP contribution >= 0.6 is 11.6 Å². The average molecular weight is 509 g/mol. The average Bonchev–Trinajstić information content (AvgIpc) is 3.21. The number of hydroxylamine groups is 2. The molecule has 1 unspecified atom stereocenters. The smallest absolute Gasteiger partial charge is 0.340 e. The number of benzene rings is 2. The standard InChI is InChI=1S/C28H29ClN2O5/c1-3-27-12-7-13-31-26(27)28(16-22(36-31)35-24(32)17-8-6-9-18(29)14-17)20-10-4-5-11-21(20)30-23(28)19(15-27)25(33)34-2/h4-6,8-11,14,22,26,30H,3,7,12-13,15-16H2,1-2H3/t22?,26-,27-,28-/m0/s1. The molecule has 0 radical (unpaired) electrons. The molecule has 2 aromatic rings. The number of fused-ring (bicyclic) bond motifs is 1. The Morgan fingerprint density at radius 2 is 2.03 bits per heavy atom. The second kappa shape index (κ2) is 8.61. The van der Waals surface area contributed by atoms with Gasteiger partial charge in [-0.05, 0) is 60.9 Å². The maximum absolute atomic E-state index is 13.2. The van der Waals surface area contributed by atoms with Gasteiger partial charge in [0.15, 0.2) is 0 Å². The predicted octanol–water partition coefficient (Wildman–Crippen LogP) is 5.21. The molecule has 6 rings (SSSR count). The molecule has 36 heavy (non-hydrogen) atoms. The van der Waals surface area contributed by atoms with Gasteiger partial charge >= 0.3 is 11.9 Å². The van der Waals surface area contributed by atoms with Crippen LogP contribution in [-0.2, 0) is 24.5 Å². The zero-order valence-electron chi connectivity index (χ0n) is 20.4. The highest BCUT2D eigenvalue weighted by molar-refractivity contribution is 6.30. The van der Waals surface area contributed by atoms with E-state index >= 15 is 0 Å². The van der Waals surface area contributed by atoms with Crippen LogP contribution in [0.4, 0.5) is 5.69 Å². The molecular weight excluding hydrogens is 480 g/mol. The molecule has 0 saturated carbocycles. The molecule has 4 aliphatic rings. The number of rotatable bonds is 4. The van der Waals surface area contributed by atoms with Gasteiger partial charge < -0.3 is 14.8 Å². The first-order chi connectivity index (χ1) is 17.4.